The summed E-state index contributed by atoms with van der Waals surface area (Å²) in [5.74, 6) is 0.445. The number of esters is 1. The van der Waals surface area contributed by atoms with Gasteiger partial charge in [-0.3, -0.25) is 0 Å². The summed E-state index contributed by atoms with van der Waals surface area (Å²) < 4.78 is 4.69. The van der Waals surface area contributed by atoms with Crippen molar-refractivity contribution < 1.29 is 9.53 Å². The van der Waals surface area contributed by atoms with Crippen LogP contribution in [-0.2, 0) is 4.74 Å². The summed E-state index contributed by atoms with van der Waals surface area (Å²) in [6.45, 7) is 6.83. The molecular weight excluding hydrogens is 244 g/mol. The number of methoxy groups -OCH3 is 1. The van der Waals surface area contributed by atoms with Crippen molar-refractivity contribution in [3.8, 4) is 0 Å². The first kappa shape index (κ1) is 13.7. The van der Waals surface area contributed by atoms with Gasteiger partial charge in [0.15, 0.2) is 0 Å². The summed E-state index contributed by atoms with van der Waals surface area (Å²) in [7, 11) is 1.34. The van der Waals surface area contributed by atoms with Crippen molar-refractivity contribution in [1.82, 2.24) is 15.3 Å². The summed E-state index contributed by atoms with van der Waals surface area (Å²) in [5, 5.41) is 3.26. The third kappa shape index (κ3) is 3.01. The van der Waals surface area contributed by atoms with Crippen LogP contribution in [0.2, 0.25) is 0 Å². The van der Waals surface area contributed by atoms with Crippen molar-refractivity contribution in [3.05, 3.63) is 17.6 Å². The second kappa shape index (κ2) is 5.97. The number of rotatable bonds is 5. The van der Waals surface area contributed by atoms with E-state index in [9.17, 15) is 4.79 Å². The Morgan fingerprint density at radius 3 is 2.79 bits per heavy atom. The molecule has 6 nitrogen and oxygen atoms in total. The number of hydrogen-bond donors (Lipinski definition) is 1. The molecule has 0 spiro atoms. The van der Waals surface area contributed by atoms with Crippen LogP contribution in [0.3, 0.4) is 0 Å². The van der Waals surface area contributed by atoms with Crippen molar-refractivity contribution in [2.24, 2.45) is 0 Å². The molecule has 2 rings (SSSR count). The van der Waals surface area contributed by atoms with Crippen molar-refractivity contribution in [1.29, 1.82) is 0 Å². The van der Waals surface area contributed by atoms with Gasteiger partial charge in [-0.25, -0.2) is 14.8 Å². The van der Waals surface area contributed by atoms with Crippen LogP contribution in [0.25, 0.3) is 0 Å². The molecule has 19 heavy (non-hydrogen) atoms. The number of anilines is 1. The molecule has 104 valence electrons. The third-order valence-corrected chi connectivity index (χ3v) is 3.17. The smallest absolute Gasteiger partial charge is 0.376 e. The van der Waals surface area contributed by atoms with Crippen LogP contribution in [0.5, 0.6) is 0 Å². The average molecular weight is 264 g/mol. The lowest BCUT2D eigenvalue weighted by Crippen LogP contribution is -2.58. The molecule has 1 aromatic rings. The second-order valence-corrected chi connectivity index (χ2v) is 4.69. The number of ether oxygens (including phenoxy) is 1. The average Bonchev–Trinajstić information content (AvgIpc) is 2.34. The maximum absolute atomic E-state index is 11.6. The zero-order valence-electron chi connectivity index (χ0n) is 11.6. The third-order valence-electron chi connectivity index (χ3n) is 3.17. The Kier molecular flexibility index (Phi) is 4.31. The minimum Gasteiger partial charge on any atom is -0.463 e. The molecule has 0 aromatic carbocycles. The van der Waals surface area contributed by atoms with Crippen LogP contribution in [0, 0.1) is 6.92 Å². The molecule has 1 fully saturated rings. The molecule has 1 saturated heterocycles. The van der Waals surface area contributed by atoms with E-state index >= 15 is 0 Å². The molecule has 1 N–H and O–H groups in total. The molecule has 1 aliphatic heterocycles. The molecule has 0 atom stereocenters. The van der Waals surface area contributed by atoms with Crippen LogP contribution in [0.1, 0.15) is 29.7 Å². The maximum atomic E-state index is 11.6. The van der Waals surface area contributed by atoms with Gasteiger partial charge in [0.1, 0.15) is 5.82 Å². The number of nitrogens with one attached hydrogen (secondary N) is 1. The Morgan fingerprint density at radius 1 is 1.53 bits per heavy atom. The van der Waals surface area contributed by atoms with E-state index in [0.29, 0.717) is 6.04 Å². The highest BCUT2D eigenvalue weighted by atomic mass is 16.5. The minimum absolute atomic E-state index is 0.130. The maximum Gasteiger partial charge on any atom is 0.376 e. The lowest BCUT2D eigenvalue weighted by Gasteiger charge is -2.39. The minimum atomic E-state index is -0.492. The molecule has 0 unspecified atom stereocenters. The standard InChI is InChI=1S/C13H20N4O2/c1-4-5-17(10-7-14-8-10)11-6-9(2)15-12(16-11)13(18)19-3/h6,10,14H,4-5,7-8H2,1-3H3. The molecule has 0 amide bonds. The van der Waals surface area contributed by atoms with Gasteiger partial charge < -0.3 is 15.0 Å². The molecule has 0 bridgehead atoms. The van der Waals surface area contributed by atoms with E-state index in [1.165, 1.54) is 7.11 Å². The topological polar surface area (TPSA) is 67.4 Å². The molecule has 0 saturated carbocycles. The van der Waals surface area contributed by atoms with Gasteiger partial charge in [0, 0.05) is 31.4 Å². The zero-order chi connectivity index (χ0) is 13.8. The lowest BCUT2D eigenvalue weighted by molar-refractivity contribution is 0.0586. The van der Waals surface area contributed by atoms with Crippen molar-refractivity contribution in [2.45, 2.75) is 26.3 Å². The fraction of sp³-hybridized carbons (Fsp3) is 0.615. The summed E-state index contributed by atoms with van der Waals surface area (Å²) in [6, 6.07) is 2.36. The first-order chi connectivity index (χ1) is 9.15. The van der Waals surface area contributed by atoms with Crippen molar-refractivity contribution in [3.63, 3.8) is 0 Å². The predicted molar refractivity (Wildman–Crippen MR) is 72.4 cm³/mol. The fourth-order valence-electron chi connectivity index (χ4n) is 2.10. The van der Waals surface area contributed by atoms with Gasteiger partial charge >= 0.3 is 5.97 Å². The lowest BCUT2D eigenvalue weighted by atomic mass is 10.1. The molecule has 1 aliphatic rings. The first-order valence-electron chi connectivity index (χ1n) is 6.57. The van der Waals surface area contributed by atoms with Crippen LogP contribution < -0.4 is 10.2 Å². The Balaban J connectivity index is 2.30. The monoisotopic (exact) mass is 264 g/mol. The number of aryl methyl sites for hydroxylation is 1. The number of carbonyl (C=O) groups excluding carboxylic acids is 1. The van der Waals surface area contributed by atoms with Gasteiger partial charge in [0.05, 0.1) is 13.2 Å². The summed E-state index contributed by atoms with van der Waals surface area (Å²) >= 11 is 0. The highest BCUT2D eigenvalue weighted by Gasteiger charge is 2.26. The molecular formula is C13H20N4O2. The first-order valence-corrected chi connectivity index (χ1v) is 6.57. The molecule has 0 radical (unpaired) electrons. The quantitative estimate of drug-likeness (QED) is 0.792. The van der Waals surface area contributed by atoms with Crippen LogP contribution in [-0.4, -0.2) is 48.7 Å². The Morgan fingerprint density at radius 2 is 2.26 bits per heavy atom. The highest BCUT2D eigenvalue weighted by molar-refractivity contribution is 5.85. The normalized spacial score (nSPS) is 14.9. The van der Waals surface area contributed by atoms with Gasteiger partial charge in [-0.2, -0.15) is 0 Å². The predicted octanol–water partition coefficient (Wildman–Crippen LogP) is 0.760. The largest absolute Gasteiger partial charge is 0.463 e. The van der Waals surface area contributed by atoms with E-state index in [4.69, 9.17) is 4.74 Å². The Bertz CT molecular complexity index is 460. The van der Waals surface area contributed by atoms with Gasteiger partial charge in [-0.05, 0) is 13.3 Å². The number of nitrogens with zero attached hydrogens (tertiary/aromatic N) is 3. The van der Waals surface area contributed by atoms with Gasteiger partial charge in [-0.15, -0.1) is 0 Å². The van der Waals surface area contributed by atoms with Crippen LogP contribution in [0.4, 0.5) is 5.82 Å². The Labute approximate surface area is 113 Å². The fourth-order valence-corrected chi connectivity index (χ4v) is 2.10. The number of hydrogen-bond acceptors (Lipinski definition) is 6. The van der Waals surface area contributed by atoms with E-state index in [1.807, 2.05) is 13.0 Å². The van der Waals surface area contributed by atoms with Gasteiger partial charge in [0.25, 0.3) is 0 Å². The summed E-state index contributed by atoms with van der Waals surface area (Å²) in [5.41, 5.74) is 0.777. The van der Waals surface area contributed by atoms with E-state index in [0.717, 1.165) is 37.6 Å². The van der Waals surface area contributed by atoms with Crippen LogP contribution >= 0.6 is 0 Å². The van der Waals surface area contributed by atoms with Gasteiger partial charge in [0.2, 0.25) is 5.82 Å². The zero-order valence-corrected chi connectivity index (χ0v) is 11.6. The molecule has 6 heteroatoms. The van der Waals surface area contributed by atoms with Crippen molar-refractivity contribution in [2.75, 3.05) is 31.6 Å². The van der Waals surface area contributed by atoms with E-state index in [-0.39, 0.29) is 5.82 Å². The Hall–Kier alpha value is -1.69. The molecule has 0 aliphatic carbocycles. The highest BCUT2D eigenvalue weighted by Crippen LogP contribution is 2.18. The van der Waals surface area contributed by atoms with E-state index in [2.05, 4.69) is 27.1 Å². The summed E-state index contributed by atoms with van der Waals surface area (Å²) in [6.07, 6.45) is 1.03. The number of carbonyl (C=O) groups is 1. The van der Waals surface area contributed by atoms with Crippen LogP contribution in [0.15, 0.2) is 6.07 Å². The summed E-state index contributed by atoms with van der Waals surface area (Å²) in [4.78, 5) is 22.3. The molecule has 2 heterocycles. The van der Waals surface area contributed by atoms with E-state index in [1.54, 1.807) is 0 Å². The number of aromatic nitrogens is 2. The van der Waals surface area contributed by atoms with Gasteiger partial charge in [-0.1, -0.05) is 6.92 Å². The SMILES string of the molecule is CCCN(c1cc(C)nc(C(=O)OC)n1)C1CNC1. The second-order valence-electron chi connectivity index (χ2n) is 4.69. The van der Waals surface area contributed by atoms with E-state index < -0.39 is 5.97 Å². The molecule has 1 aromatic heterocycles. The van der Waals surface area contributed by atoms with Crippen molar-refractivity contribution >= 4 is 11.8 Å².